The second-order valence-electron chi connectivity index (χ2n) is 3.64. The smallest absolute Gasteiger partial charge is 0.269 e. The molecule has 0 bridgehead atoms. The highest BCUT2D eigenvalue weighted by atomic mass is 16.6. The van der Waals surface area contributed by atoms with E-state index in [1.54, 1.807) is 12.1 Å². The molecule has 0 aliphatic heterocycles. The van der Waals surface area contributed by atoms with E-state index in [9.17, 15) is 14.9 Å². The Hall–Kier alpha value is -1.71. The van der Waals surface area contributed by atoms with Crippen molar-refractivity contribution in [2.75, 3.05) is 0 Å². The maximum atomic E-state index is 11.0. The summed E-state index contributed by atoms with van der Waals surface area (Å²) in [4.78, 5) is 21.1. The molecule has 1 aromatic rings. The number of hydrogen-bond acceptors (Lipinski definition) is 3. The first-order valence-electron chi connectivity index (χ1n) is 4.74. The fourth-order valence-electron chi connectivity index (χ4n) is 1.29. The van der Waals surface area contributed by atoms with Gasteiger partial charge in [-0.3, -0.25) is 14.9 Å². The van der Waals surface area contributed by atoms with Crippen molar-refractivity contribution in [1.82, 2.24) is 0 Å². The van der Waals surface area contributed by atoms with Crippen LogP contribution in [0.2, 0.25) is 0 Å². The monoisotopic (exact) mass is 207 g/mol. The Morgan fingerprint density at radius 1 is 1.53 bits per heavy atom. The number of ketones is 1. The number of rotatable bonds is 4. The normalized spacial score (nSPS) is 12.1. The van der Waals surface area contributed by atoms with Crippen LogP contribution in [0.5, 0.6) is 0 Å². The third-order valence-corrected chi connectivity index (χ3v) is 2.36. The molecule has 0 fully saturated rings. The number of Topliss-reactive ketones (excluding diaryl/α,β-unsaturated/α-hetero) is 1. The van der Waals surface area contributed by atoms with E-state index in [1.165, 1.54) is 19.1 Å². The first kappa shape index (κ1) is 11.4. The van der Waals surface area contributed by atoms with Crippen LogP contribution in [0.1, 0.15) is 19.4 Å². The molecule has 1 unspecified atom stereocenters. The van der Waals surface area contributed by atoms with Crippen LogP contribution >= 0.6 is 0 Å². The summed E-state index contributed by atoms with van der Waals surface area (Å²) >= 11 is 0. The van der Waals surface area contributed by atoms with Crippen LogP contribution in [-0.2, 0) is 11.2 Å². The molecule has 0 saturated carbocycles. The molecule has 4 nitrogen and oxygen atoms in total. The molecule has 0 aliphatic carbocycles. The van der Waals surface area contributed by atoms with Crippen LogP contribution in [0.25, 0.3) is 0 Å². The molecule has 0 amide bonds. The lowest BCUT2D eigenvalue weighted by Gasteiger charge is -2.06. The first-order valence-corrected chi connectivity index (χ1v) is 4.74. The molecule has 0 aliphatic rings. The molecule has 0 radical (unpaired) electrons. The predicted octanol–water partition coefficient (Wildman–Crippen LogP) is 2.36. The standard InChI is InChI=1S/C11H13NO3/c1-8(9(2)13)6-10-4-3-5-11(7-10)12(14)15/h3-5,7-8H,6H2,1-2H3. The SMILES string of the molecule is CC(=O)C(C)Cc1cccc([N+](=O)[O-])c1. The number of non-ortho nitro benzene ring substituents is 1. The molecule has 0 spiro atoms. The zero-order valence-electron chi connectivity index (χ0n) is 8.77. The molecule has 1 aromatic carbocycles. The summed E-state index contributed by atoms with van der Waals surface area (Å²) in [7, 11) is 0. The van der Waals surface area contributed by atoms with E-state index in [2.05, 4.69) is 0 Å². The van der Waals surface area contributed by atoms with Gasteiger partial charge in [0.1, 0.15) is 5.78 Å². The van der Waals surface area contributed by atoms with Gasteiger partial charge in [0.15, 0.2) is 0 Å². The number of carbonyl (C=O) groups excluding carboxylic acids is 1. The molecule has 1 atom stereocenters. The average Bonchev–Trinajstić information content (AvgIpc) is 2.18. The van der Waals surface area contributed by atoms with Crippen molar-refractivity contribution in [3.8, 4) is 0 Å². The lowest BCUT2D eigenvalue weighted by Crippen LogP contribution is -2.09. The van der Waals surface area contributed by atoms with Gasteiger partial charge in [0.05, 0.1) is 4.92 Å². The van der Waals surface area contributed by atoms with Gasteiger partial charge in [0, 0.05) is 18.1 Å². The highest BCUT2D eigenvalue weighted by molar-refractivity contribution is 5.78. The van der Waals surface area contributed by atoms with E-state index in [0.29, 0.717) is 6.42 Å². The van der Waals surface area contributed by atoms with Gasteiger partial charge in [0.25, 0.3) is 5.69 Å². The number of hydrogen-bond donors (Lipinski definition) is 0. The largest absolute Gasteiger partial charge is 0.300 e. The summed E-state index contributed by atoms with van der Waals surface area (Å²) in [6.45, 7) is 3.35. The minimum Gasteiger partial charge on any atom is -0.300 e. The Bertz CT molecular complexity index is 387. The summed E-state index contributed by atoms with van der Waals surface area (Å²) in [5, 5.41) is 10.5. The van der Waals surface area contributed by atoms with Crippen LogP contribution in [0.4, 0.5) is 5.69 Å². The Morgan fingerprint density at radius 2 is 2.20 bits per heavy atom. The van der Waals surface area contributed by atoms with Gasteiger partial charge in [-0.1, -0.05) is 19.1 Å². The van der Waals surface area contributed by atoms with Crippen molar-refractivity contribution >= 4 is 11.5 Å². The topological polar surface area (TPSA) is 60.2 Å². The Kier molecular flexibility index (Phi) is 3.55. The highest BCUT2D eigenvalue weighted by Crippen LogP contribution is 2.16. The summed E-state index contributed by atoms with van der Waals surface area (Å²) in [5.74, 6) is 0.00788. The zero-order valence-corrected chi connectivity index (χ0v) is 8.77. The lowest BCUT2D eigenvalue weighted by atomic mass is 9.98. The average molecular weight is 207 g/mol. The predicted molar refractivity (Wildman–Crippen MR) is 56.6 cm³/mol. The first-order chi connectivity index (χ1) is 7.00. The van der Waals surface area contributed by atoms with Crippen molar-refractivity contribution in [2.24, 2.45) is 5.92 Å². The van der Waals surface area contributed by atoms with Crippen molar-refractivity contribution in [3.05, 3.63) is 39.9 Å². The van der Waals surface area contributed by atoms with E-state index in [4.69, 9.17) is 0 Å². The van der Waals surface area contributed by atoms with Gasteiger partial charge in [-0.05, 0) is 18.9 Å². The van der Waals surface area contributed by atoms with E-state index < -0.39 is 4.92 Å². The lowest BCUT2D eigenvalue weighted by molar-refractivity contribution is -0.384. The summed E-state index contributed by atoms with van der Waals surface area (Å²) in [6, 6.07) is 6.40. The van der Waals surface area contributed by atoms with Crippen LogP contribution < -0.4 is 0 Å². The van der Waals surface area contributed by atoms with Crippen LogP contribution in [0.3, 0.4) is 0 Å². The summed E-state index contributed by atoms with van der Waals surface area (Å²) in [5.41, 5.74) is 0.898. The maximum Gasteiger partial charge on any atom is 0.269 e. The van der Waals surface area contributed by atoms with Crippen molar-refractivity contribution < 1.29 is 9.72 Å². The third-order valence-electron chi connectivity index (χ3n) is 2.36. The number of nitro groups is 1. The quantitative estimate of drug-likeness (QED) is 0.562. The minimum atomic E-state index is -0.429. The molecule has 80 valence electrons. The number of carbonyl (C=O) groups is 1. The Labute approximate surface area is 88.1 Å². The highest BCUT2D eigenvalue weighted by Gasteiger charge is 2.11. The number of nitrogens with zero attached hydrogens (tertiary/aromatic N) is 1. The van der Waals surface area contributed by atoms with Crippen molar-refractivity contribution in [3.63, 3.8) is 0 Å². The molecule has 15 heavy (non-hydrogen) atoms. The molecule has 0 saturated heterocycles. The van der Waals surface area contributed by atoms with E-state index in [0.717, 1.165) is 5.56 Å². The molecule has 0 aromatic heterocycles. The van der Waals surface area contributed by atoms with E-state index in [1.807, 2.05) is 6.92 Å². The van der Waals surface area contributed by atoms with Crippen LogP contribution in [0, 0.1) is 16.0 Å². The third kappa shape index (κ3) is 3.16. The van der Waals surface area contributed by atoms with Gasteiger partial charge in [-0.2, -0.15) is 0 Å². The molecule has 4 heteroatoms. The van der Waals surface area contributed by atoms with Crippen molar-refractivity contribution in [2.45, 2.75) is 20.3 Å². The number of benzene rings is 1. The molecule has 1 rings (SSSR count). The van der Waals surface area contributed by atoms with Gasteiger partial charge in [0.2, 0.25) is 0 Å². The van der Waals surface area contributed by atoms with Crippen LogP contribution in [0.15, 0.2) is 24.3 Å². The summed E-state index contributed by atoms with van der Waals surface area (Å²) < 4.78 is 0. The summed E-state index contributed by atoms with van der Waals surface area (Å²) in [6.07, 6.45) is 0.553. The maximum absolute atomic E-state index is 11.0. The zero-order chi connectivity index (χ0) is 11.4. The van der Waals surface area contributed by atoms with E-state index >= 15 is 0 Å². The van der Waals surface area contributed by atoms with E-state index in [-0.39, 0.29) is 17.4 Å². The molecule has 0 heterocycles. The second kappa shape index (κ2) is 4.68. The molecular formula is C11H13NO3. The van der Waals surface area contributed by atoms with Gasteiger partial charge in [-0.15, -0.1) is 0 Å². The fourth-order valence-corrected chi connectivity index (χ4v) is 1.29. The van der Waals surface area contributed by atoms with Gasteiger partial charge in [-0.25, -0.2) is 0 Å². The minimum absolute atomic E-state index is 0.0725. The van der Waals surface area contributed by atoms with Crippen LogP contribution in [-0.4, -0.2) is 10.7 Å². The Balaban J connectivity index is 2.82. The molecule has 0 N–H and O–H groups in total. The molecular weight excluding hydrogens is 194 g/mol. The van der Waals surface area contributed by atoms with Gasteiger partial charge >= 0.3 is 0 Å². The van der Waals surface area contributed by atoms with Crippen molar-refractivity contribution in [1.29, 1.82) is 0 Å². The Morgan fingerprint density at radius 3 is 2.73 bits per heavy atom. The second-order valence-corrected chi connectivity index (χ2v) is 3.64. The fraction of sp³-hybridized carbons (Fsp3) is 0.364. The van der Waals surface area contributed by atoms with Gasteiger partial charge < -0.3 is 0 Å². The number of nitro benzene ring substituents is 1.